The van der Waals surface area contributed by atoms with Crippen molar-refractivity contribution in [1.29, 1.82) is 0 Å². The Morgan fingerprint density at radius 2 is 0.810 bits per heavy atom. The molecule has 320 valence electrons. The number of aromatic nitrogens is 3. The maximum absolute atomic E-state index is 5.64. The van der Waals surface area contributed by atoms with Crippen molar-refractivity contribution in [2.24, 2.45) is 23.7 Å². The normalized spacial score (nSPS) is 30.0. The molecule has 63 heavy (non-hydrogen) atoms. The molecule has 3 heteroatoms. The maximum Gasteiger partial charge on any atom is 0.0732 e. The van der Waals surface area contributed by atoms with Crippen molar-refractivity contribution in [3.63, 3.8) is 0 Å². The molecule has 4 fully saturated rings. The molecular weight excluding hydrogens is 763 g/mol. The summed E-state index contributed by atoms with van der Waals surface area (Å²) in [6.45, 7) is 24.6. The van der Waals surface area contributed by atoms with Gasteiger partial charge >= 0.3 is 0 Å². The van der Waals surface area contributed by atoms with Gasteiger partial charge in [0.25, 0.3) is 0 Å². The van der Waals surface area contributed by atoms with Gasteiger partial charge in [-0.2, -0.15) is 0 Å². The zero-order chi connectivity index (χ0) is 42.8. The first-order valence-electron chi connectivity index (χ1n) is 25.4. The zero-order valence-corrected chi connectivity index (χ0v) is 39.6. The number of pyridine rings is 2. The van der Waals surface area contributed by atoms with Crippen molar-refractivity contribution < 1.29 is 0 Å². The zero-order valence-electron chi connectivity index (χ0n) is 39.6. The van der Waals surface area contributed by atoms with Crippen LogP contribution in [0.2, 0.25) is 0 Å². The molecule has 10 aliphatic rings. The van der Waals surface area contributed by atoms with Gasteiger partial charge < -0.3 is 4.40 Å². The Balaban J connectivity index is 1.08. The number of fused-ring (bicyclic) bond motifs is 14. The molecule has 17 rings (SSSR count). The lowest BCUT2D eigenvalue weighted by Gasteiger charge is -2.38. The van der Waals surface area contributed by atoms with Crippen molar-refractivity contribution in [2.45, 2.75) is 179 Å². The highest BCUT2D eigenvalue weighted by molar-refractivity contribution is 6.30. The minimum Gasteiger partial charge on any atom is -0.305 e. The van der Waals surface area contributed by atoms with E-state index >= 15 is 0 Å². The largest absolute Gasteiger partial charge is 0.305 e. The van der Waals surface area contributed by atoms with Gasteiger partial charge in [-0.25, -0.2) is 0 Å². The van der Waals surface area contributed by atoms with Crippen LogP contribution in [0, 0.1) is 23.7 Å². The van der Waals surface area contributed by atoms with Gasteiger partial charge in [-0.15, -0.1) is 0 Å². The Bertz CT molecular complexity index is 3020. The molecule has 0 aliphatic heterocycles. The number of benzene rings is 3. The fourth-order valence-electron chi connectivity index (χ4n) is 17.4. The van der Waals surface area contributed by atoms with Crippen molar-refractivity contribution in [3.05, 3.63) is 98.6 Å². The van der Waals surface area contributed by atoms with Gasteiger partial charge in [0.15, 0.2) is 0 Å². The molecule has 4 heterocycles. The highest BCUT2D eigenvalue weighted by Crippen LogP contribution is 2.64. The highest BCUT2D eigenvalue weighted by Gasteiger charge is 2.49. The molecule has 4 unspecified atom stereocenters. The van der Waals surface area contributed by atoms with Crippen LogP contribution >= 0.6 is 0 Å². The number of nitrogens with zero attached hydrogens (tertiary/aromatic N) is 3. The van der Waals surface area contributed by atoms with Gasteiger partial charge in [-0.05, 0) is 178 Å². The van der Waals surface area contributed by atoms with E-state index in [1.807, 2.05) is 0 Å². The molecule has 3 aromatic carbocycles. The summed E-state index contributed by atoms with van der Waals surface area (Å²) in [7, 11) is 0. The van der Waals surface area contributed by atoms with E-state index in [0.717, 1.165) is 35.5 Å². The summed E-state index contributed by atoms with van der Waals surface area (Å²) in [4.78, 5) is 11.3. The average molecular weight is 828 g/mol. The molecule has 7 aromatic rings. The van der Waals surface area contributed by atoms with Crippen LogP contribution in [-0.4, -0.2) is 14.4 Å². The number of rotatable bonds is 0. The van der Waals surface area contributed by atoms with Gasteiger partial charge in [-0.3, -0.25) is 9.97 Å². The molecule has 10 aliphatic carbocycles. The third kappa shape index (κ3) is 4.41. The summed E-state index contributed by atoms with van der Waals surface area (Å²) in [5, 5.41) is 5.76. The lowest BCUT2D eigenvalue weighted by molar-refractivity contribution is 0.165. The minimum absolute atomic E-state index is 0.0731. The Morgan fingerprint density at radius 3 is 1.16 bits per heavy atom. The molecule has 0 radical (unpaired) electrons. The van der Waals surface area contributed by atoms with E-state index in [9.17, 15) is 0 Å². The third-order valence-corrected chi connectivity index (χ3v) is 19.8. The lowest BCUT2D eigenvalue weighted by Crippen LogP contribution is -2.25. The Morgan fingerprint density at radius 1 is 0.460 bits per heavy atom. The predicted octanol–water partition coefficient (Wildman–Crippen LogP) is 15.6. The van der Waals surface area contributed by atoms with Gasteiger partial charge in [-0.1, -0.05) is 99.6 Å². The van der Waals surface area contributed by atoms with Crippen LogP contribution in [-0.2, 0) is 21.7 Å². The van der Waals surface area contributed by atoms with E-state index < -0.39 is 0 Å². The molecule has 0 amide bonds. The predicted molar refractivity (Wildman–Crippen MR) is 260 cm³/mol. The molecule has 0 saturated heterocycles. The quantitative estimate of drug-likeness (QED) is 0.152. The first kappa shape index (κ1) is 37.0. The third-order valence-electron chi connectivity index (χ3n) is 19.8. The smallest absolute Gasteiger partial charge is 0.0732 e. The first-order valence-corrected chi connectivity index (χ1v) is 25.4. The summed E-state index contributed by atoms with van der Waals surface area (Å²) in [5.74, 6) is 6.53. The van der Waals surface area contributed by atoms with E-state index in [1.165, 1.54) is 158 Å². The molecule has 4 aromatic heterocycles. The summed E-state index contributed by atoms with van der Waals surface area (Å²) >= 11 is 0. The summed E-state index contributed by atoms with van der Waals surface area (Å²) in [6.07, 6.45) is 18.7. The molecule has 0 N–H and O–H groups in total. The van der Waals surface area contributed by atoms with Crippen LogP contribution in [0.4, 0.5) is 0 Å². The van der Waals surface area contributed by atoms with Gasteiger partial charge in [0.2, 0.25) is 0 Å². The standard InChI is InChI=1S/C60H65N3/c1-57(2,3)44-25-45(58(4,5)6)51-53-47(27-62-56-49(53)41-22-37-33-15-30-12-31(16-33)20-35(19-30)39(37)24-43(41)60(56,9)10)63-46-26-61-55-48(52(46)50(44)54(51)63)40-21-36-32-13-28-11-29(14-32)18-34(17-28)38(36)23-42(40)59(55,7)8/h21-35H,11-20H2,1-10H3. The second-order valence-electron chi connectivity index (χ2n) is 26.3. The van der Waals surface area contributed by atoms with Crippen LogP contribution in [0.25, 0.3) is 60.3 Å². The lowest BCUT2D eigenvalue weighted by atomic mass is 9.67. The van der Waals surface area contributed by atoms with Gasteiger partial charge in [0.05, 0.1) is 40.3 Å². The van der Waals surface area contributed by atoms with Gasteiger partial charge in [0.1, 0.15) is 0 Å². The summed E-state index contributed by atoms with van der Waals surface area (Å²) in [6, 6.07) is 13.6. The summed E-state index contributed by atoms with van der Waals surface area (Å²) in [5.41, 5.74) is 24.5. The Hall–Kier alpha value is -4.24. The monoisotopic (exact) mass is 828 g/mol. The van der Waals surface area contributed by atoms with Crippen LogP contribution < -0.4 is 0 Å². The Labute approximate surface area is 374 Å². The fourth-order valence-corrected chi connectivity index (χ4v) is 17.4. The molecular formula is C60H65N3. The fraction of sp³-hybridized carbons (Fsp3) is 0.533. The summed E-state index contributed by atoms with van der Waals surface area (Å²) < 4.78 is 2.67. The first-order chi connectivity index (χ1) is 29.9. The number of hydrogen-bond donors (Lipinski definition) is 0. The highest BCUT2D eigenvalue weighted by atomic mass is 15.0. The van der Waals surface area contributed by atoms with Crippen LogP contribution in [0.3, 0.4) is 0 Å². The number of hydrogen-bond acceptors (Lipinski definition) is 2. The second kappa shape index (κ2) is 11.2. The van der Waals surface area contributed by atoms with E-state index in [1.54, 1.807) is 22.3 Å². The van der Waals surface area contributed by atoms with Crippen LogP contribution in [0.5, 0.6) is 0 Å². The van der Waals surface area contributed by atoms with E-state index in [2.05, 4.69) is 116 Å². The van der Waals surface area contributed by atoms with E-state index in [4.69, 9.17) is 9.97 Å². The molecule has 4 atom stereocenters. The van der Waals surface area contributed by atoms with Crippen molar-refractivity contribution in [2.75, 3.05) is 0 Å². The minimum atomic E-state index is -0.168. The van der Waals surface area contributed by atoms with Crippen LogP contribution in [0.15, 0.2) is 42.7 Å². The Kier molecular flexibility index (Phi) is 6.60. The molecule has 3 nitrogen and oxygen atoms in total. The molecule has 0 spiro atoms. The van der Waals surface area contributed by atoms with E-state index in [0.29, 0.717) is 11.8 Å². The van der Waals surface area contributed by atoms with Crippen LogP contribution in [0.1, 0.15) is 213 Å². The van der Waals surface area contributed by atoms with E-state index in [-0.39, 0.29) is 21.7 Å². The van der Waals surface area contributed by atoms with Crippen molar-refractivity contribution in [1.82, 2.24) is 14.4 Å². The SMILES string of the molecule is CC(C)(C)c1cc(C(C)(C)C)c2c3c4c(ncc3n3c5cnc6c(c5c1c23)-c1cc2c(cc1C6(C)C)C1CC3CC(CC2C3)C1)C(C)(C)c1cc2c(cc1-4)C1CC3CC(C1)CC2C3. The average Bonchev–Trinajstić information content (AvgIpc) is 3.80. The van der Waals surface area contributed by atoms with Crippen molar-refractivity contribution in [3.8, 4) is 22.3 Å². The topological polar surface area (TPSA) is 30.2 Å². The molecule has 4 saturated carbocycles. The van der Waals surface area contributed by atoms with Crippen molar-refractivity contribution >= 4 is 38.1 Å². The molecule has 8 bridgehead atoms. The van der Waals surface area contributed by atoms with Gasteiger partial charge in [0, 0.05) is 43.5 Å². The maximum atomic E-state index is 5.64. The second-order valence-corrected chi connectivity index (χ2v) is 26.3.